The number of carbonyl (C=O) groups is 1. The zero-order valence-corrected chi connectivity index (χ0v) is 11.6. The van der Waals surface area contributed by atoms with Crippen LogP contribution < -0.4 is 25.3 Å². The number of rotatable bonds is 7. The first kappa shape index (κ1) is 15.7. The highest BCUT2D eigenvalue weighted by atomic mass is 16.5. The van der Waals surface area contributed by atoms with Gasteiger partial charge in [0, 0.05) is 6.54 Å². The van der Waals surface area contributed by atoms with Crippen molar-refractivity contribution in [3.05, 3.63) is 17.7 Å². The lowest BCUT2D eigenvalue weighted by Crippen LogP contribution is -2.29. The van der Waals surface area contributed by atoms with E-state index in [2.05, 4.69) is 11.2 Å². The fraction of sp³-hybridized carbons (Fsp3) is 0.357. The van der Waals surface area contributed by atoms with Crippen LogP contribution in [0.3, 0.4) is 0 Å². The second kappa shape index (κ2) is 7.92. The van der Waals surface area contributed by atoms with Gasteiger partial charge < -0.3 is 25.3 Å². The number of methoxy groups -OCH3 is 2. The van der Waals surface area contributed by atoms with E-state index in [9.17, 15) is 4.79 Å². The molecule has 1 amide bonds. The number of ether oxygens (including phenoxy) is 3. The van der Waals surface area contributed by atoms with Gasteiger partial charge in [-0.1, -0.05) is 5.92 Å². The molecule has 0 radical (unpaired) electrons. The fourth-order valence-corrected chi connectivity index (χ4v) is 1.53. The molecule has 0 unspecified atom stereocenters. The van der Waals surface area contributed by atoms with E-state index < -0.39 is 0 Å². The van der Waals surface area contributed by atoms with Gasteiger partial charge in [-0.15, -0.1) is 6.42 Å². The van der Waals surface area contributed by atoms with Crippen molar-refractivity contribution in [2.75, 3.05) is 27.4 Å². The Morgan fingerprint density at radius 2 is 1.95 bits per heavy atom. The number of nitrogens with two attached hydrogens (primary N) is 1. The Balaban J connectivity index is 2.87. The van der Waals surface area contributed by atoms with Crippen molar-refractivity contribution in [1.82, 2.24) is 5.32 Å². The minimum atomic E-state index is -0.324. The molecule has 0 heterocycles. The van der Waals surface area contributed by atoms with E-state index in [1.54, 1.807) is 12.1 Å². The maximum atomic E-state index is 11.5. The fourth-order valence-electron chi connectivity index (χ4n) is 1.53. The number of amides is 1. The van der Waals surface area contributed by atoms with Crippen molar-refractivity contribution in [3.8, 4) is 29.6 Å². The molecular formula is C14H18N2O4. The molecule has 20 heavy (non-hydrogen) atoms. The lowest BCUT2D eigenvalue weighted by Gasteiger charge is -2.15. The molecule has 0 aliphatic rings. The number of hydrogen-bond donors (Lipinski definition) is 2. The zero-order valence-electron chi connectivity index (χ0n) is 11.6. The van der Waals surface area contributed by atoms with Gasteiger partial charge in [0.25, 0.3) is 5.91 Å². The van der Waals surface area contributed by atoms with E-state index in [1.165, 1.54) is 14.2 Å². The quantitative estimate of drug-likeness (QED) is 0.701. The number of hydrogen-bond acceptors (Lipinski definition) is 5. The minimum absolute atomic E-state index is 0.155. The molecule has 6 heteroatoms. The standard InChI is InChI=1S/C14H18N2O4/c1-4-5-16-13(17)9-20-14-11(18-2)6-10(8-15)7-12(14)19-3/h1,6-7H,5,8-9,15H2,2-3H3,(H,16,17). The summed E-state index contributed by atoms with van der Waals surface area (Å²) in [4.78, 5) is 11.5. The molecule has 6 nitrogen and oxygen atoms in total. The Hall–Kier alpha value is -2.39. The van der Waals surface area contributed by atoms with Crippen LogP contribution in [0.1, 0.15) is 5.56 Å². The topological polar surface area (TPSA) is 82.8 Å². The molecule has 108 valence electrons. The van der Waals surface area contributed by atoms with Gasteiger partial charge >= 0.3 is 0 Å². The normalized spacial score (nSPS) is 9.50. The predicted octanol–water partition coefficient (Wildman–Crippen LogP) is 0.291. The van der Waals surface area contributed by atoms with Crippen molar-refractivity contribution in [2.45, 2.75) is 6.54 Å². The van der Waals surface area contributed by atoms with Crippen LogP contribution in [-0.4, -0.2) is 33.3 Å². The predicted molar refractivity (Wildman–Crippen MR) is 74.8 cm³/mol. The summed E-state index contributed by atoms with van der Waals surface area (Å²) in [5.41, 5.74) is 6.43. The second-order valence-electron chi connectivity index (χ2n) is 3.80. The number of nitrogens with one attached hydrogen (secondary N) is 1. The summed E-state index contributed by atoms with van der Waals surface area (Å²) < 4.78 is 15.9. The molecule has 1 aromatic carbocycles. The SMILES string of the molecule is C#CCNC(=O)COc1c(OC)cc(CN)cc1OC. The average Bonchev–Trinajstić information content (AvgIpc) is 2.49. The van der Waals surface area contributed by atoms with Crippen LogP contribution in [0.4, 0.5) is 0 Å². The van der Waals surface area contributed by atoms with E-state index in [0.29, 0.717) is 23.8 Å². The van der Waals surface area contributed by atoms with Gasteiger partial charge in [0.05, 0.1) is 20.8 Å². The molecule has 1 rings (SSSR count). The maximum absolute atomic E-state index is 11.5. The summed E-state index contributed by atoms with van der Waals surface area (Å²) in [6, 6.07) is 3.47. The Kier molecular flexibility index (Phi) is 6.20. The first-order valence-electron chi connectivity index (χ1n) is 5.94. The van der Waals surface area contributed by atoms with Crippen LogP contribution >= 0.6 is 0 Å². The molecular weight excluding hydrogens is 260 g/mol. The molecule has 0 spiro atoms. The molecule has 0 atom stereocenters. The van der Waals surface area contributed by atoms with Gasteiger partial charge in [-0.2, -0.15) is 0 Å². The molecule has 0 fully saturated rings. The van der Waals surface area contributed by atoms with E-state index >= 15 is 0 Å². The summed E-state index contributed by atoms with van der Waals surface area (Å²) >= 11 is 0. The van der Waals surface area contributed by atoms with Crippen LogP contribution in [0.25, 0.3) is 0 Å². The molecule has 0 saturated carbocycles. The van der Waals surface area contributed by atoms with Gasteiger partial charge in [0.2, 0.25) is 5.75 Å². The van der Waals surface area contributed by atoms with Crippen molar-refractivity contribution >= 4 is 5.91 Å². The van der Waals surface area contributed by atoms with Crippen molar-refractivity contribution in [3.63, 3.8) is 0 Å². The molecule has 0 aliphatic carbocycles. The molecule has 0 aliphatic heterocycles. The van der Waals surface area contributed by atoms with Crippen molar-refractivity contribution in [1.29, 1.82) is 0 Å². The second-order valence-corrected chi connectivity index (χ2v) is 3.80. The van der Waals surface area contributed by atoms with Crippen LogP contribution in [-0.2, 0) is 11.3 Å². The smallest absolute Gasteiger partial charge is 0.258 e. The molecule has 1 aromatic rings. The van der Waals surface area contributed by atoms with Gasteiger partial charge in [0.1, 0.15) is 0 Å². The number of carbonyl (C=O) groups excluding carboxylic acids is 1. The first-order valence-corrected chi connectivity index (χ1v) is 5.94. The van der Waals surface area contributed by atoms with E-state index in [0.717, 1.165) is 5.56 Å². The third kappa shape index (κ3) is 4.07. The molecule has 0 bridgehead atoms. The first-order chi connectivity index (χ1) is 9.65. The van der Waals surface area contributed by atoms with Gasteiger partial charge in [-0.3, -0.25) is 4.79 Å². The molecule has 0 saturated heterocycles. The third-order valence-electron chi connectivity index (χ3n) is 2.49. The summed E-state index contributed by atoms with van der Waals surface area (Å²) in [7, 11) is 3.00. The van der Waals surface area contributed by atoms with Gasteiger partial charge in [0.15, 0.2) is 18.1 Å². The van der Waals surface area contributed by atoms with Gasteiger partial charge in [-0.25, -0.2) is 0 Å². The average molecular weight is 278 g/mol. The summed E-state index contributed by atoms with van der Waals surface area (Å²) in [6.45, 7) is 0.314. The molecule has 0 aromatic heterocycles. The van der Waals surface area contributed by atoms with E-state index in [4.69, 9.17) is 26.4 Å². The number of terminal acetylenes is 1. The highest BCUT2D eigenvalue weighted by Crippen LogP contribution is 2.38. The highest BCUT2D eigenvalue weighted by molar-refractivity contribution is 5.78. The van der Waals surface area contributed by atoms with Crippen LogP contribution in [0.2, 0.25) is 0 Å². The zero-order chi connectivity index (χ0) is 15.0. The van der Waals surface area contributed by atoms with E-state index in [1.807, 2.05) is 0 Å². The van der Waals surface area contributed by atoms with Crippen LogP contribution in [0.5, 0.6) is 17.2 Å². The van der Waals surface area contributed by atoms with E-state index in [-0.39, 0.29) is 19.1 Å². The largest absolute Gasteiger partial charge is 0.493 e. The van der Waals surface area contributed by atoms with Crippen molar-refractivity contribution in [2.24, 2.45) is 5.73 Å². The lowest BCUT2D eigenvalue weighted by molar-refractivity contribution is -0.122. The van der Waals surface area contributed by atoms with Crippen molar-refractivity contribution < 1.29 is 19.0 Å². The summed E-state index contributed by atoms with van der Waals surface area (Å²) in [5.74, 6) is 3.24. The van der Waals surface area contributed by atoms with Crippen LogP contribution in [0, 0.1) is 12.3 Å². The third-order valence-corrected chi connectivity index (χ3v) is 2.49. The minimum Gasteiger partial charge on any atom is -0.493 e. The Morgan fingerprint density at radius 3 is 2.40 bits per heavy atom. The molecule has 3 N–H and O–H groups in total. The Bertz CT molecular complexity index is 483. The van der Waals surface area contributed by atoms with Gasteiger partial charge in [-0.05, 0) is 17.7 Å². The Labute approximate surface area is 118 Å². The maximum Gasteiger partial charge on any atom is 0.258 e. The Morgan fingerprint density at radius 1 is 1.35 bits per heavy atom. The highest BCUT2D eigenvalue weighted by Gasteiger charge is 2.15. The summed E-state index contributed by atoms with van der Waals surface area (Å²) in [6.07, 6.45) is 5.05. The summed E-state index contributed by atoms with van der Waals surface area (Å²) in [5, 5.41) is 2.50. The number of benzene rings is 1. The van der Waals surface area contributed by atoms with Crippen LogP contribution in [0.15, 0.2) is 12.1 Å². The monoisotopic (exact) mass is 278 g/mol. The lowest BCUT2D eigenvalue weighted by atomic mass is 10.2.